The van der Waals surface area contributed by atoms with E-state index in [1.807, 2.05) is 12.1 Å². The molecule has 2 aromatic carbocycles. The van der Waals surface area contributed by atoms with Crippen LogP contribution in [0.2, 0.25) is 19.6 Å². The summed E-state index contributed by atoms with van der Waals surface area (Å²) >= 11 is 0. The first-order valence-corrected chi connectivity index (χ1v) is 9.33. The average molecular weight is 232 g/mol. The Kier molecular flexibility index (Phi) is 2.85. The molecule has 0 bridgehead atoms. The van der Waals surface area contributed by atoms with E-state index in [0.29, 0.717) is 0 Å². The highest BCUT2D eigenvalue weighted by molar-refractivity contribution is 6.75. The molecule has 0 aromatic heterocycles. The summed E-state index contributed by atoms with van der Waals surface area (Å²) in [6, 6.07) is 12.5. The number of rotatable bonds is 2. The van der Waals surface area contributed by atoms with Gasteiger partial charge in [-0.2, -0.15) is 0 Å². The largest absolute Gasteiger partial charge is 0.207 e. The van der Waals surface area contributed by atoms with E-state index in [4.69, 9.17) is 0 Å². The lowest BCUT2D eigenvalue weighted by molar-refractivity contribution is 0.630. The van der Waals surface area contributed by atoms with Gasteiger partial charge < -0.3 is 0 Å². The van der Waals surface area contributed by atoms with E-state index in [9.17, 15) is 4.39 Å². The van der Waals surface area contributed by atoms with Crippen LogP contribution in [-0.4, -0.2) is 8.07 Å². The molecule has 2 rings (SSSR count). The molecule has 0 amide bonds. The van der Waals surface area contributed by atoms with Gasteiger partial charge in [-0.3, -0.25) is 0 Å². The Bertz CT molecular complexity index is 512. The molecule has 0 aliphatic carbocycles. The molecule has 0 spiro atoms. The third-order valence-corrected chi connectivity index (χ3v) is 4.07. The van der Waals surface area contributed by atoms with E-state index in [1.54, 1.807) is 6.07 Å². The number of halogens is 1. The van der Waals surface area contributed by atoms with Crippen LogP contribution < -0.4 is 0 Å². The summed E-state index contributed by atoms with van der Waals surface area (Å²) in [4.78, 5) is 0. The van der Waals surface area contributed by atoms with Crippen LogP contribution in [0.5, 0.6) is 0 Å². The van der Waals surface area contributed by atoms with Crippen molar-refractivity contribution < 1.29 is 4.39 Å². The van der Waals surface area contributed by atoms with Crippen molar-refractivity contribution in [2.24, 2.45) is 0 Å². The van der Waals surface area contributed by atoms with Gasteiger partial charge in [0.2, 0.25) is 0 Å². The monoisotopic (exact) mass is 232 g/mol. The molecule has 16 heavy (non-hydrogen) atoms. The van der Waals surface area contributed by atoms with Crippen molar-refractivity contribution in [3.63, 3.8) is 0 Å². The first kappa shape index (κ1) is 11.3. The summed E-state index contributed by atoms with van der Waals surface area (Å²) in [5.41, 5.74) is 1.37. The van der Waals surface area contributed by atoms with Gasteiger partial charge in [-0.25, -0.2) is 4.39 Å². The maximum Gasteiger partial charge on any atom is 0.123 e. The van der Waals surface area contributed by atoms with Crippen molar-refractivity contribution in [2.75, 3.05) is 0 Å². The summed E-state index contributed by atoms with van der Waals surface area (Å²) in [5, 5.41) is 2.12. The van der Waals surface area contributed by atoms with Crippen LogP contribution in [0.1, 0.15) is 5.56 Å². The fourth-order valence-corrected chi connectivity index (χ4v) is 3.43. The average Bonchev–Trinajstić information content (AvgIpc) is 2.16. The summed E-state index contributed by atoms with van der Waals surface area (Å²) in [6.45, 7) is 7.09. The quantitative estimate of drug-likeness (QED) is 0.673. The predicted octanol–water partition coefficient (Wildman–Crippen LogP) is 4.40. The molecule has 0 saturated carbocycles. The van der Waals surface area contributed by atoms with E-state index in [0.717, 1.165) is 10.8 Å². The molecule has 0 unspecified atom stereocenters. The minimum Gasteiger partial charge on any atom is -0.207 e. The van der Waals surface area contributed by atoms with Crippen LogP contribution in [-0.2, 0) is 6.04 Å². The lowest BCUT2D eigenvalue weighted by Crippen LogP contribution is -2.23. The van der Waals surface area contributed by atoms with E-state index in [1.165, 1.54) is 17.7 Å². The van der Waals surface area contributed by atoms with E-state index < -0.39 is 8.07 Å². The summed E-state index contributed by atoms with van der Waals surface area (Å²) in [6.07, 6.45) is 0. The zero-order valence-electron chi connectivity index (χ0n) is 10.0. The lowest BCUT2D eigenvalue weighted by Gasteiger charge is -2.16. The molecule has 84 valence electrons. The van der Waals surface area contributed by atoms with E-state index >= 15 is 0 Å². The van der Waals surface area contributed by atoms with Crippen molar-refractivity contribution in [3.8, 4) is 0 Å². The maximum atomic E-state index is 13.0. The Labute approximate surface area is 97.1 Å². The smallest absolute Gasteiger partial charge is 0.123 e. The van der Waals surface area contributed by atoms with Crippen LogP contribution in [0.4, 0.5) is 4.39 Å². The molecule has 2 heteroatoms. The standard InChI is InChI=1S/C14H17FSi/c1-16(2,3)10-11-4-5-13-9-14(15)7-6-12(13)8-11/h4-9H,10H2,1-3H3. The molecule has 0 nitrogen and oxygen atoms in total. The minimum absolute atomic E-state index is 0.162. The van der Waals surface area contributed by atoms with Crippen molar-refractivity contribution in [2.45, 2.75) is 25.7 Å². The number of hydrogen-bond acceptors (Lipinski definition) is 0. The van der Waals surface area contributed by atoms with Gasteiger partial charge in [0.15, 0.2) is 0 Å². The fourth-order valence-electron chi connectivity index (χ4n) is 1.99. The lowest BCUT2D eigenvalue weighted by atomic mass is 10.1. The molecule has 0 aliphatic rings. The molecule has 2 aromatic rings. The van der Waals surface area contributed by atoms with Crippen LogP contribution in [0.25, 0.3) is 10.8 Å². The van der Waals surface area contributed by atoms with Crippen molar-refractivity contribution in [1.82, 2.24) is 0 Å². The first-order valence-electron chi connectivity index (χ1n) is 5.62. The van der Waals surface area contributed by atoms with Gasteiger partial charge in [0.05, 0.1) is 0 Å². The molecular formula is C14H17FSi. The van der Waals surface area contributed by atoms with Crippen LogP contribution >= 0.6 is 0 Å². The van der Waals surface area contributed by atoms with Gasteiger partial charge in [0.25, 0.3) is 0 Å². The highest BCUT2D eigenvalue weighted by atomic mass is 28.3. The van der Waals surface area contributed by atoms with Crippen molar-refractivity contribution in [1.29, 1.82) is 0 Å². The van der Waals surface area contributed by atoms with Crippen LogP contribution in [0.15, 0.2) is 36.4 Å². The number of fused-ring (bicyclic) bond motifs is 1. The van der Waals surface area contributed by atoms with Gasteiger partial charge in [-0.1, -0.05) is 49.5 Å². The Morgan fingerprint density at radius 2 is 1.56 bits per heavy atom. The second kappa shape index (κ2) is 4.02. The Balaban J connectivity index is 2.41. The van der Waals surface area contributed by atoms with Crippen LogP contribution in [0.3, 0.4) is 0 Å². The second-order valence-electron chi connectivity index (χ2n) is 5.56. The predicted molar refractivity (Wildman–Crippen MR) is 71.0 cm³/mol. The fraction of sp³-hybridized carbons (Fsp3) is 0.286. The van der Waals surface area contributed by atoms with Crippen molar-refractivity contribution >= 4 is 18.8 Å². The van der Waals surface area contributed by atoms with Gasteiger partial charge in [0.1, 0.15) is 5.82 Å². The Morgan fingerprint density at radius 3 is 2.25 bits per heavy atom. The van der Waals surface area contributed by atoms with Crippen molar-refractivity contribution in [3.05, 3.63) is 47.8 Å². The molecule has 0 radical (unpaired) electrons. The summed E-state index contributed by atoms with van der Waals surface area (Å²) in [7, 11) is -1.07. The van der Waals surface area contributed by atoms with Gasteiger partial charge >= 0.3 is 0 Å². The molecule has 0 N–H and O–H groups in total. The maximum absolute atomic E-state index is 13.0. The highest BCUT2D eigenvalue weighted by Gasteiger charge is 2.13. The molecular weight excluding hydrogens is 215 g/mol. The van der Waals surface area contributed by atoms with Gasteiger partial charge in [-0.05, 0) is 28.9 Å². The SMILES string of the molecule is C[Si](C)(C)Cc1ccc2cc(F)ccc2c1. The Hall–Kier alpha value is -1.15. The second-order valence-corrected chi connectivity index (χ2v) is 11.0. The van der Waals surface area contributed by atoms with Gasteiger partial charge in [-0.15, -0.1) is 0 Å². The number of hydrogen-bond donors (Lipinski definition) is 0. The minimum atomic E-state index is -1.07. The summed E-state index contributed by atoms with van der Waals surface area (Å²) < 4.78 is 13.0. The van der Waals surface area contributed by atoms with Gasteiger partial charge in [0, 0.05) is 8.07 Å². The number of benzene rings is 2. The third kappa shape index (κ3) is 2.70. The summed E-state index contributed by atoms with van der Waals surface area (Å²) in [5.74, 6) is -0.162. The van der Waals surface area contributed by atoms with E-state index in [-0.39, 0.29) is 5.82 Å². The zero-order chi connectivity index (χ0) is 11.8. The molecule has 0 fully saturated rings. The molecule has 0 atom stereocenters. The Morgan fingerprint density at radius 1 is 0.938 bits per heavy atom. The molecule has 0 heterocycles. The normalized spacial score (nSPS) is 12.0. The highest BCUT2D eigenvalue weighted by Crippen LogP contribution is 2.20. The molecule has 0 saturated heterocycles. The zero-order valence-corrected chi connectivity index (χ0v) is 11.0. The van der Waals surface area contributed by atoms with Crippen LogP contribution in [0, 0.1) is 5.82 Å². The first-order chi connectivity index (χ1) is 7.44. The topological polar surface area (TPSA) is 0 Å². The van der Waals surface area contributed by atoms with E-state index in [2.05, 4.69) is 31.8 Å². The molecule has 0 aliphatic heterocycles. The third-order valence-electron chi connectivity index (χ3n) is 2.60.